The largest absolute Gasteiger partial charge is 0.310 e. The summed E-state index contributed by atoms with van der Waals surface area (Å²) in [6.45, 7) is 6.69. The van der Waals surface area contributed by atoms with E-state index >= 15 is 0 Å². The fourth-order valence-corrected chi connectivity index (χ4v) is 2.16. The van der Waals surface area contributed by atoms with Gasteiger partial charge in [0.1, 0.15) is 0 Å². The van der Waals surface area contributed by atoms with E-state index in [2.05, 4.69) is 62.4 Å². The van der Waals surface area contributed by atoms with E-state index in [9.17, 15) is 0 Å². The Bertz CT molecular complexity index is 316. The maximum atomic E-state index is 3.65. The van der Waals surface area contributed by atoms with Crippen LogP contribution in [0, 0.1) is 0 Å². The van der Waals surface area contributed by atoms with Crippen LogP contribution in [-0.2, 0) is 6.42 Å². The van der Waals surface area contributed by atoms with Gasteiger partial charge in [-0.05, 0) is 57.6 Å². The highest BCUT2D eigenvalue weighted by Crippen LogP contribution is 2.17. The molecule has 1 N–H and O–H groups in total. The standard InChI is InChI=1S/C16H28N2/c1-5-14-8-10-15(11-9-14)16(6-2)17-12-7-13-18(3)4/h8-11,16-17H,5-7,12-13H2,1-4H3. The normalized spacial score (nSPS) is 12.9. The molecule has 0 amide bonds. The summed E-state index contributed by atoms with van der Waals surface area (Å²) >= 11 is 0. The van der Waals surface area contributed by atoms with Crippen molar-refractivity contribution in [2.75, 3.05) is 27.2 Å². The highest BCUT2D eigenvalue weighted by Gasteiger charge is 2.07. The van der Waals surface area contributed by atoms with Crippen LogP contribution in [0.4, 0.5) is 0 Å². The van der Waals surface area contributed by atoms with Crippen LogP contribution in [0.1, 0.15) is 43.9 Å². The first-order chi connectivity index (χ1) is 8.67. The third kappa shape index (κ3) is 5.19. The van der Waals surface area contributed by atoms with Crippen LogP contribution in [0.25, 0.3) is 0 Å². The van der Waals surface area contributed by atoms with Crippen molar-refractivity contribution in [2.45, 2.75) is 39.2 Å². The summed E-state index contributed by atoms with van der Waals surface area (Å²) in [6.07, 6.45) is 3.47. The fraction of sp³-hybridized carbons (Fsp3) is 0.625. The molecule has 0 aliphatic heterocycles. The van der Waals surface area contributed by atoms with Gasteiger partial charge in [-0.25, -0.2) is 0 Å². The van der Waals surface area contributed by atoms with E-state index < -0.39 is 0 Å². The van der Waals surface area contributed by atoms with Gasteiger partial charge in [-0.15, -0.1) is 0 Å². The zero-order chi connectivity index (χ0) is 13.4. The summed E-state index contributed by atoms with van der Waals surface area (Å²) in [5.74, 6) is 0. The molecule has 2 nitrogen and oxygen atoms in total. The predicted octanol–water partition coefficient (Wildman–Crippen LogP) is 3.24. The van der Waals surface area contributed by atoms with Gasteiger partial charge in [0.15, 0.2) is 0 Å². The van der Waals surface area contributed by atoms with Crippen molar-refractivity contribution in [1.29, 1.82) is 0 Å². The molecule has 0 saturated heterocycles. The van der Waals surface area contributed by atoms with Crippen molar-refractivity contribution in [3.8, 4) is 0 Å². The molecule has 1 rings (SSSR count). The Kier molecular flexibility index (Phi) is 6.99. The summed E-state index contributed by atoms with van der Waals surface area (Å²) in [4.78, 5) is 2.23. The Labute approximate surface area is 112 Å². The minimum absolute atomic E-state index is 0.498. The first-order valence-corrected chi connectivity index (χ1v) is 7.14. The Morgan fingerprint density at radius 3 is 2.28 bits per heavy atom. The number of rotatable bonds is 8. The van der Waals surface area contributed by atoms with Gasteiger partial charge in [0.25, 0.3) is 0 Å². The molecule has 18 heavy (non-hydrogen) atoms. The molecule has 0 radical (unpaired) electrons. The number of hydrogen-bond acceptors (Lipinski definition) is 2. The van der Waals surface area contributed by atoms with Gasteiger partial charge in [-0.3, -0.25) is 0 Å². The summed E-state index contributed by atoms with van der Waals surface area (Å²) in [5, 5.41) is 3.65. The lowest BCUT2D eigenvalue weighted by molar-refractivity contribution is 0.385. The van der Waals surface area contributed by atoms with E-state index in [1.807, 2.05) is 0 Å². The number of nitrogens with one attached hydrogen (secondary N) is 1. The highest BCUT2D eigenvalue weighted by molar-refractivity contribution is 5.24. The van der Waals surface area contributed by atoms with Gasteiger partial charge in [0.2, 0.25) is 0 Å². The van der Waals surface area contributed by atoms with Gasteiger partial charge in [-0.1, -0.05) is 38.1 Å². The molecule has 0 bridgehead atoms. The molecule has 0 heterocycles. The second-order valence-electron chi connectivity index (χ2n) is 5.17. The van der Waals surface area contributed by atoms with E-state index in [1.165, 1.54) is 17.5 Å². The molecule has 0 aliphatic carbocycles. The summed E-state index contributed by atoms with van der Waals surface area (Å²) in [6, 6.07) is 9.54. The number of nitrogens with zero attached hydrogens (tertiary/aromatic N) is 1. The second kappa shape index (κ2) is 8.28. The summed E-state index contributed by atoms with van der Waals surface area (Å²) in [7, 11) is 4.25. The Morgan fingerprint density at radius 1 is 1.11 bits per heavy atom. The van der Waals surface area contributed by atoms with Crippen LogP contribution < -0.4 is 5.32 Å². The van der Waals surface area contributed by atoms with Gasteiger partial charge < -0.3 is 10.2 Å². The van der Waals surface area contributed by atoms with Crippen LogP contribution in [0.5, 0.6) is 0 Å². The zero-order valence-electron chi connectivity index (χ0n) is 12.4. The van der Waals surface area contributed by atoms with Crippen LogP contribution >= 0.6 is 0 Å². The van der Waals surface area contributed by atoms with Crippen molar-refractivity contribution in [1.82, 2.24) is 10.2 Å². The second-order valence-corrected chi connectivity index (χ2v) is 5.17. The molecule has 2 heteroatoms. The molecule has 0 aromatic heterocycles. The van der Waals surface area contributed by atoms with Gasteiger partial charge in [0.05, 0.1) is 0 Å². The maximum absolute atomic E-state index is 3.65. The molecule has 1 unspecified atom stereocenters. The Hall–Kier alpha value is -0.860. The van der Waals surface area contributed by atoms with Crippen LogP contribution in [0.3, 0.4) is 0 Å². The lowest BCUT2D eigenvalue weighted by atomic mass is 10.0. The van der Waals surface area contributed by atoms with Crippen molar-refractivity contribution in [2.24, 2.45) is 0 Å². The fourth-order valence-electron chi connectivity index (χ4n) is 2.16. The first-order valence-electron chi connectivity index (χ1n) is 7.14. The highest BCUT2D eigenvalue weighted by atomic mass is 15.1. The van der Waals surface area contributed by atoms with E-state index in [1.54, 1.807) is 0 Å². The number of benzene rings is 1. The summed E-state index contributed by atoms with van der Waals surface area (Å²) in [5.41, 5.74) is 2.83. The van der Waals surface area contributed by atoms with Gasteiger partial charge in [-0.2, -0.15) is 0 Å². The zero-order valence-corrected chi connectivity index (χ0v) is 12.4. The lowest BCUT2D eigenvalue weighted by Crippen LogP contribution is -2.25. The molecule has 1 aromatic carbocycles. The van der Waals surface area contributed by atoms with Crippen molar-refractivity contribution < 1.29 is 0 Å². The maximum Gasteiger partial charge on any atom is 0.0317 e. The molecular weight excluding hydrogens is 220 g/mol. The topological polar surface area (TPSA) is 15.3 Å². The average molecular weight is 248 g/mol. The first kappa shape index (κ1) is 15.2. The molecule has 1 atom stereocenters. The van der Waals surface area contributed by atoms with Gasteiger partial charge in [0, 0.05) is 6.04 Å². The average Bonchev–Trinajstić information content (AvgIpc) is 2.39. The smallest absolute Gasteiger partial charge is 0.0317 e. The Morgan fingerprint density at radius 2 is 1.78 bits per heavy atom. The van der Waals surface area contributed by atoms with E-state index in [0.717, 1.165) is 25.9 Å². The molecule has 102 valence electrons. The molecule has 1 aromatic rings. The quantitative estimate of drug-likeness (QED) is 0.711. The third-order valence-electron chi connectivity index (χ3n) is 3.37. The number of hydrogen-bond donors (Lipinski definition) is 1. The monoisotopic (exact) mass is 248 g/mol. The van der Waals surface area contributed by atoms with E-state index in [-0.39, 0.29) is 0 Å². The molecule has 0 spiro atoms. The van der Waals surface area contributed by atoms with Crippen LogP contribution in [0.15, 0.2) is 24.3 Å². The Balaban J connectivity index is 2.44. The van der Waals surface area contributed by atoms with Crippen LogP contribution in [0.2, 0.25) is 0 Å². The number of aryl methyl sites for hydroxylation is 1. The molecule has 0 aliphatic rings. The van der Waals surface area contributed by atoms with Crippen molar-refractivity contribution >= 4 is 0 Å². The minimum atomic E-state index is 0.498. The van der Waals surface area contributed by atoms with E-state index in [4.69, 9.17) is 0 Å². The molecule has 0 saturated carbocycles. The lowest BCUT2D eigenvalue weighted by Gasteiger charge is -2.18. The van der Waals surface area contributed by atoms with Crippen molar-refractivity contribution in [3.05, 3.63) is 35.4 Å². The molecular formula is C16H28N2. The van der Waals surface area contributed by atoms with Gasteiger partial charge >= 0.3 is 0 Å². The predicted molar refractivity (Wildman–Crippen MR) is 80.0 cm³/mol. The third-order valence-corrected chi connectivity index (χ3v) is 3.37. The van der Waals surface area contributed by atoms with Crippen LogP contribution in [-0.4, -0.2) is 32.1 Å². The SMILES string of the molecule is CCc1ccc(C(CC)NCCCN(C)C)cc1. The van der Waals surface area contributed by atoms with Crippen molar-refractivity contribution in [3.63, 3.8) is 0 Å². The molecule has 0 fully saturated rings. The minimum Gasteiger partial charge on any atom is -0.310 e. The van der Waals surface area contributed by atoms with E-state index in [0.29, 0.717) is 6.04 Å². The summed E-state index contributed by atoms with van der Waals surface area (Å²) < 4.78 is 0.